The van der Waals surface area contributed by atoms with E-state index in [9.17, 15) is 23.3 Å². The molecule has 14 heteroatoms. The minimum Gasteiger partial charge on any atom is -0.422 e. The number of aromatic nitrogens is 2. The van der Waals surface area contributed by atoms with E-state index in [-0.39, 0.29) is 48.1 Å². The van der Waals surface area contributed by atoms with Gasteiger partial charge in [-0.1, -0.05) is 36.4 Å². The Morgan fingerprint density at radius 1 is 1.00 bits per heavy atom. The average molecular weight is 601 g/mol. The van der Waals surface area contributed by atoms with E-state index in [0.29, 0.717) is 16.5 Å². The molecule has 43 heavy (non-hydrogen) atoms. The Kier molecular flexibility index (Phi) is 7.54. The Morgan fingerprint density at radius 2 is 1.74 bits per heavy atom. The summed E-state index contributed by atoms with van der Waals surface area (Å²) in [6.07, 6.45) is 3.04. The number of fused-ring (bicyclic) bond motifs is 1. The Labute approximate surface area is 244 Å². The van der Waals surface area contributed by atoms with Crippen molar-refractivity contribution < 1.29 is 22.5 Å². The zero-order valence-electron chi connectivity index (χ0n) is 22.5. The molecule has 218 valence electrons. The van der Waals surface area contributed by atoms with Crippen molar-refractivity contribution in [1.82, 2.24) is 14.1 Å². The highest BCUT2D eigenvalue weighted by molar-refractivity contribution is 7.89. The fourth-order valence-electron chi connectivity index (χ4n) is 4.66. The molecule has 13 nitrogen and oxygen atoms in total. The molecule has 0 saturated carbocycles. The summed E-state index contributed by atoms with van der Waals surface area (Å²) in [5, 5.41) is 21.4. The van der Waals surface area contributed by atoms with Gasteiger partial charge in [0, 0.05) is 36.3 Å². The van der Waals surface area contributed by atoms with Gasteiger partial charge >= 0.3 is 5.63 Å². The third-order valence-corrected chi connectivity index (χ3v) is 8.72. The van der Waals surface area contributed by atoms with Crippen molar-refractivity contribution >= 4 is 38.6 Å². The van der Waals surface area contributed by atoms with E-state index in [4.69, 9.17) is 9.15 Å². The van der Waals surface area contributed by atoms with Crippen LogP contribution >= 0.6 is 0 Å². The number of nitrogens with zero attached hydrogens (tertiary/aromatic N) is 5. The van der Waals surface area contributed by atoms with Gasteiger partial charge in [-0.25, -0.2) is 17.9 Å². The molecule has 0 bridgehead atoms. The lowest BCUT2D eigenvalue weighted by atomic mass is 10.1. The van der Waals surface area contributed by atoms with Crippen LogP contribution in [0, 0.1) is 10.1 Å². The summed E-state index contributed by atoms with van der Waals surface area (Å²) in [7, 11) is -3.94. The summed E-state index contributed by atoms with van der Waals surface area (Å²) in [5.74, 6) is 0. The van der Waals surface area contributed by atoms with Crippen LogP contribution in [0.3, 0.4) is 0 Å². The molecule has 0 aliphatic carbocycles. The molecule has 1 N–H and O–H groups in total. The number of ether oxygens (including phenoxy) is 1. The predicted molar refractivity (Wildman–Crippen MR) is 159 cm³/mol. The van der Waals surface area contributed by atoms with Crippen LogP contribution in [0.4, 0.5) is 11.4 Å². The van der Waals surface area contributed by atoms with Crippen LogP contribution < -0.4 is 11.1 Å². The third-order valence-electron chi connectivity index (χ3n) is 6.82. The van der Waals surface area contributed by atoms with E-state index in [1.54, 1.807) is 29.1 Å². The third kappa shape index (κ3) is 5.66. The molecule has 6 rings (SSSR count). The highest BCUT2D eigenvalue weighted by Gasteiger charge is 2.29. The quantitative estimate of drug-likeness (QED) is 0.120. The Balaban J connectivity index is 1.35. The molecule has 1 saturated heterocycles. The van der Waals surface area contributed by atoms with Crippen LogP contribution in [-0.4, -0.2) is 59.9 Å². The summed E-state index contributed by atoms with van der Waals surface area (Å²) < 4.78 is 39.6. The number of benzene rings is 3. The molecule has 5 aromatic rings. The van der Waals surface area contributed by atoms with Gasteiger partial charge in [0.15, 0.2) is 0 Å². The van der Waals surface area contributed by atoms with Crippen molar-refractivity contribution in [3.05, 3.63) is 111 Å². The number of nitro groups is 1. The topological polar surface area (TPSA) is 162 Å². The molecule has 3 aromatic carbocycles. The molecular formula is C29H24N6O7S. The van der Waals surface area contributed by atoms with Crippen LogP contribution in [0.2, 0.25) is 0 Å². The predicted octanol–water partition coefficient (Wildman–Crippen LogP) is 4.02. The average Bonchev–Trinajstić information content (AvgIpc) is 3.45. The first-order valence-electron chi connectivity index (χ1n) is 13.1. The second-order valence-electron chi connectivity index (χ2n) is 9.52. The Bertz CT molecular complexity index is 2020. The van der Waals surface area contributed by atoms with Gasteiger partial charge in [0.25, 0.3) is 5.69 Å². The van der Waals surface area contributed by atoms with Gasteiger partial charge in [-0.15, -0.1) is 0 Å². The number of hydrogen-bond acceptors (Lipinski definition) is 10. The summed E-state index contributed by atoms with van der Waals surface area (Å²) >= 11 is 0. The lowest BCUT2D eigenvalue weighted by Gasteiger charge is -2.26. The van der Waals surface area contributed by atoms with Crippen molar-refractivity contribution in [3.63, 3.8) is 0 Å². The maximum atomic E-state index is 13.0. The van der Waals surface area contributed by atoms with E-state index < -0.39 is 26.3 Å². The summed E-state index contributed by atoms with van der Waals surface area (Å²) in [5.41, 5.74) is 3.63. The van der Waals surface area contributed by atoms with E-state index in [1.807, 2.05) is 42.5 Å². The second kappa shape index (κ2) is 11.6. The fourth-order valence-corrected chi connectivity index (χ4v) is 6.08. The molecule has 0 spiro atoms. The van der Waals surface area contributed by atoms with Crippen molar-refractivity contribution in [3.8, 4) is 16.9 Å². The number of morpholine rings is 1. The van der Waals surface area contributed by atoms with Gasteiger partial charge in [0.1, 0.15) is 17.0 Å². The van der Waals surface area contributed by atoms with Crippen LogP contribution in [-0.2, 0) is 14.8 Å². The number of hydrogen-bond donors (Lipinski definition) is 1. The van der Waals surface area contributed by atoms with Crippen molar-refractivity contribution in [2.24, 2.45) is 5.10 Å². The molecule has 0 unspecified atom stereocenters. The Hall–Kier alpha value is -5.18. The van der Waals surface area contributed by atoms with Crippen molar-refractivity contribution in [1.29, 1.82) is 0 Å². The van der Waals surface area contributed by atoms with Crippen LogP contribution in [0.15, 0.2) is 104 Å². The largest absolute Gasteiger partial charge is 0.422 e. The van der Waals surface area contributed by atoms with Gasteiger partial charge in [-0.05, 0) is 36.4 Å². The minimum absolute atomic E-state index is 0.0237. The normalized spacial score (nSPS) is 14.3. The van der Waals surface area contributed by atoms with E-state index in [1.165, 1.54) is 22.7 Å². The van der Waals surface area contributed by atoms with E-state index in [0.717, 1.165) is 11.8 Å². The summed E-state index contributed by atoms with van der Waals surface area (Å²) in [6.45, 7) is 0.823. The number of para-hydroxylation sites is 2. The number of nitro benzene ring substituents is 1. The second-order valence-corrected chi connectivity index (χ2v) is 11.5. The minimum atomic E-state index is -3.94. The van der Waals surface area contributed by atoms with E-state index >= 15 is 0 Å². The van der Waals surface area contributed by atoms with E-state index in [2.05, 4.69) is 15.6 Å². The summed E-state index contributed by atoms with van der Waals surface area (Å²) in [4.78, 5) is 24.0. The number of nitrogens with one attached hydrogen (secondary N) is 1. The lowest BCUT2D eigenvalue weighted by Crippen LogP contribution is -2.40. The maximum absolute atomic E-state index is 13.0. The first-order valence-corrected chi connectivity index (χ1v) is 14.6. The number of anilines is 1. The zero-order chi connectivity index (χ0) is 30.0. The molecule has 3 heterocycles. The van der Waals surface area contributed by atoms with Gasteiger partial charge in [0.2, 0.25) is 10.0 Å². The van der Waals surface area contributed by atoms with Gasteiger partial charge < -0.3 is 9.15 Å². The highest BCUT2D eigenvalue weighted by Crippen LogP contribution is 2.30. The molecule has 0 amide bonds. The Morgan fingerprint density at radius 3 is 2.51 bits per heavy atom. The number of rotatable bonds is 8. The molecule has 1 aliphatic heterocycles. The summed E-state index contributed by atoms with van der Waals surface area (Å²) in [6, 6.07) is 21.6. The molecule has 2 aromatic heterocycles. The standard InChI is InChI=1S/C29H24N6O7S/c36-29-24(16-20-6-4-5-9-27(20)42-29)28-21(19-34(32-28)22-7-2-1-3-8-22)18-30-31-25-11-10-23(17-26(25)35(37)38)43(39,40)33-12-14-41-15-13-33/h1-11,16-19,31H,12-15H2/b30-18+. The lowest BCUT2D eigenvalue weighted by molar-refractivity contribution is -0.384. The monoisotopic (exact) mass is 600 g/mol. The van der Waals surface area contributed by atoms with Gasteiger partial charge in [0.05, 0.1) is 40.5 Å². The highest BCUT2D eigenvalue weighted by atomic mass is 32.2. The molecule has 1 fully saturated rings. The SMILES string of the molecule is O=c1oc2ccccc2cc1-c1nn(-c2ccccc2)cc1/C=N/Nc1ccc(S(=O)(=O)N2CCOCC2)cc1[N+](=O)[O-]. The fraction of sp³-hybridized carbons (Fsp3) is 0.138. The molecule has 0 radical (unpaired) electrons. The van der Waals surface area contributed by atoms with Gasteiger partial charge in [-0.3, -0.25) is 15.5 Å². The molecule has 0 atom stereocenters. The van der Waals surface area contributed by atoms with Crippen LogP contribution in [0.1, 0.15) is 5.56 Å². The maximum Gasteiger partial charge on any atom is 0.345 e. The van der Waals surface area contributed by atoms with Crippen molar-refractivity contribution in [2.75, 3.05) is 31.7 Å². The van der Waals surface area contributed by atoms with Gasteiger partial charge in [-0.2, -0.15) is 14.5 Å². The zero-order valence-corrected chi connectivity index (χ0v) is 23.3. The molecule has 1 aliphatic rings. The van der Waals surface area contributed by atoms with Crippen LogP contribution in [0.5, 0.6) is 0 Å². The first kappa shape index (κ1) is 28.0. The first-order chi connectivity index (χ1) is 20.8. The van der Waals surface area contributed by atoms with Crippen LogP contribution in [0.25, 0.3) is 27.9 Å². The number of sulfonamides is 1. The smallest absolute Gasteiger partial charge is 0.345 e. The molecular weight excluding hydrogens is 576 g/mol. The number of hydrazone groups is 1. The van der Waals surface area contributed by atoms with Crippen molar-refractivity contribution in [2.45, 2.75) is 4.90 Å².